The van der Waals surface area contributed by atoms with E-state index in [1.54, 1.807) is 13.0 Å². The zero-order valence-corrected chi connectivity index (χ0v) is 11.9. The molecule has 0 radical (unpaired) electrons. The molecule has 2 N–H and O–H groups in total. The molecule has 0 aromatic rings. The minimum Gasteiger partial charge on any atom is -0.356 e. The van der Waals surface area contributed by atoms with E-state index in [1.165, 1.54) is 12.2 Å². The number of carbonyl (C=O) groups is 4. The Morgan fingerprint density at radius 1 is 1.24 bits per heavy atom. The van der Waals surface area contributed by atoms with Gasteiger partial charge in [-0.15, -0.1) is 6.58 Å². The van der Waals surface area contributed by atoms with E-state index < -0.39 is 11.8 Å². The fourth-order valence-corrected chi connectivity index (χ4v) is 1.65. The largest absolute Gasteiger partial charge is 0.356 e. The normalized spacial score (nSPS) is 15.0. The van der Waals surface area contributed by atoms with Crippen LogP contribution in [-0.4, -0.2) is 47.7 Å². The van der Waals surface area contributed by atoms with Gasteiger partial charge in [0.05, 0.1) is 0 Å². The molecule has 0 aromatic carbocycles. The van der Waals surface area contributed by atoms with E-state index >= 15 is 0 Å². The van der Waals surface area contributed by atoms with Crippen molar-refractivity contribution >= 4 is 23.6 Å². The number of hydrogen-bond donors (Lipinski definition) is 2. The molecular weight excluding hydrogens is 274 g/mol. The number of hydrogen-bond acceptors (Lipinski definition) is 4. The quantitative estimate of drug-likeness (QED) is 0.466. The molecule has 1 aliphatic rings. The van der Waals surface area contributed by atoms with Crippen LogP contribution in [0.15, 0.2) is 24.8 Å². The molecule has 1 heterocycles. The van der Waals surface area contributed by atoms with Gasteiger partial charge in [-0.05, 0) is 6.92 Å². The minimum absolute atomic E-state index is 0.0177. The summed E-state index contributed by atoms with van der Waals surface area (Å²) in [4.78, 5) is 46.5. The Hall–Kier alpha value is -2.44. The van der Waals surface area contributed by atoms with Gasteiger partial charge in [0.1, 0.15) is 0 Å². The molecule has 0 saturated carbocycles. The zero-order valence-electron chi connectivity index (χ0n) is 11.9. The average molecular weight is 293 g/mol. The predicted molar refractivity (Wildman–Crippen MR) is 75.9 cm³/mol. The Morgan fingerprint density at radius 3 is 2.43 bits per heavy atom. The molecule has 0 spiro atoms. The second-order valence-corrected chi connectivity index (χ2v) is 4.60. The van der Waals surface area contributed by atoms with Crippen LogP contribution in [0.5, 0.6) is 0 Å². The smallest absolute Gasteiger partial charge is 0.253 e. The molecule has 0 bridgehead atoms. The summed E-state index contributed by atoms with van der Waals surface area (Å²) in [6, 6.07) is -0.118. The number of imide groups is 1. The maximum atomic E-state index is 11.5. The van der Waals surface area contributed by atoms with Crippen molar-refractivity contribution in [3.8, 4) is 0 Å². The number of carbonyl (C=O) groups excluding carboxylic acids is 4. The van der Waals surface area contributed by atoms with E-state index in [9.17, 15) is 19.2 Å². The van der Waals surface area contributed by atoms with Gasteiger partial charge >= 0.3 is 0 Å². The standard InChI is InChI=1S/C14H19N3O4/c1-3-10(2)16-12(19)6-8-15-11(18)7-9-17-13(20)4-5-14(17)21/h3-5,10H,1,6-9H2,2H3,(H,15,18)(H,16,19). The lowest BCUT2D eigenvalue weighted by Gasteiger charge is -2.13. The lowest BCUT2D eigenvalue weighted by molar-refractivity contribution is -0.137. The lowest BCUT2D eigenvalue weighted by atomic mass is 10.3. The van der Waals surface area contributed by atoms with Crippen molar-refractivity contribution in [2.45, 2.75) is 25.8 Å². The summed E-state index contributed by atoms with van der Waals surface area (Å²) in [5, 5.41) is 5.24. The second kappa shape index (κ2) is 7.98. The SMILES string of the molecule is C=CC(C)NC(=O)CCNC(=O)CCN1C(=O)C=CC1=O. The van der Waals surface area contributed by atoms with Gasteiger partial charge in [0.2, 0.25) is 11.8 Å². The van der Waals surface area contributed by atoms with E-state index in [-0.39, 0.29) is 43.8 Å². The first kappa shape index (κ1) is 16.6. The molecule has 1 rings (SSSR count). The molecule has 7 heteroatoms. The summed E-state index contributed by atoms with van der Waals surface area (Å²) in [5.74, 6) is -1.32. The van der Waals surface area contributed by atoms with Gasteiger partial charge in [-0.25, -0.2) is 0 Å². The first-order valence-corrected chi connectivity index (χ1v) is 6.66. The Kier molecular flexibility index (Phi) is 6.32. The second-order valence-electron chi connectivity index (χ2n) is 4.60. The molecule has 7 nitrogen and oxygen atoms in total. The molecule has 114 valence electrons. The Bertz CT molecular complexity index is 467. The number of nitrogens with one attached hydrogen (secondary N) is 2. The van der Waals surface area contributed by atoms with Crippen LogP contribution in [-0.2, 0) is 19.2 Å². The van der Waals surface area contributed by atoms with Crippen molar-refractivity contribution < 1.29 is 19.2 Å². The fourth-order valence-electron chi connectivity index (χ4n) is 1.65. The lowest BCUT2D eigenvalue weighted by Crippen LogP contribution is -2.37. The van der Waals surface area contributed by atoms with Crippen LogP contribution in [0.25, 0.3) is 0 Å². The average Bonchev–Trinajstić information content (AvgIpc) is 2.75. The Morgan fingerprint density at radius 2 is 1.86 bits per heavy atom. The monoisotopic (exact) mass is 293 g/mol. The van der Waals surface area contributed by atoms with E-state index in [0.29, 0.717) is 0 Å². The molecular formula is C14H19N3O4. The summed E-state index contributed by atoms with van der Waals surface area (Å²) in [5.41, 5.74) is 0. The van der Waals surface area contributed by atoms with Gasteiger partial charge < -0.3 is 10.6 Å². The van der Waals surface area contributed by atoms with Crippen LogP contribution < -0.4 is 10.6 Å². The molecule has 0 fully saturated rings. The number of amides is 4. The molecule has 0 aliphatic carbocycles. The molecule has 0 saturated heterocycles. The van der Waals surface area contributed by atoms with Crippen LogP contribution >= 0.6 is 0 Å². The van der Waals surface area contributed by atoms with Crippen LogP contribution in [0.2, 0.25) is 0 Å². The third kappa shape index (κ3) is 5.60. The Labute approximate surface area is 123 Å². The highest BCUT2D eigenvalue weighted by atomic mass is 16.2. The van der Waals surface area contributed by atoms with Crippen molar-refractivity contribution in [1.29, 1.82) is 0 Å². The van der Waals surface area contributed by atoms with Crippen LogP contribution in [0.3, 0.4) is 0 Å². The Balaban J connectivity index is 2.17. The summed E-state index contributed by atoms with van der Waals surface area (Å²) < 4.78 is 0. The highest BCUT2D eigenvalue weighted by Crippen LogP contribution is 2.03. The fraction of sp³-hybridized carbons (Fsp3) is 0.429. The van der Waals surface area contributed by atoms with Crippen molar-refractivity contribution in [1.82, 2.24) is 15.5 Å². The van der Waals surface area contributed by atoms with Crippen LogP contribution in [0.4, 0.5) is 0 Å². The molecule has 1 atom stereocenters. The van der Waals surface area contributed by atoms with E-state index in [4.69, 9.17) is 0 Å². The van der Waals surface area contributed by atoms with Crippen molar-refractivity contribution in [3.63, 3.8) is 0 Å². The number of rotatable bonds is 8. The van der Waals surface area contributed by atoms with E-state index in [1.807, 2.05) is 0 Å². The van der Waals surface area contributed by atoms with E-state index in [0.717, 1.165) is 4.90 Å². The zero-order chi connectivity index (χ0) is 15.8. The maximum absolute atomic E-state index is 11.5. The van der Waals surface area contributed by atoms with Crippen LogP contribution in [0, 0.1) is 0 Å². The van der Waals surface area contributed by atoms with Gasteiger partial charge in [0, 0.05) is 44.1 Å². The first-order chi connectivity index (χ1) is 9.93. The van der Waals surface area contributed by atoms with Gasteiger partial charge in [-0.3, -0.25) is 24.1 Å². The third-order valence-electron chi connectivity index (χ3n) is 2.88. The predicted octanol–water partition coefficient (Wildman–Crippen LogP) is -0.501. The minimum atomic E-state index is -0.411. The van der Waals surface area contributed by atoms with Gasteiger partial charge in [-0.1, -0.05) is 6.08 Å². The summed E-state index contributed by atoms with van der Waals surface area (Å²) in [6.07, 6.45) is 4.13. The maximum Gasteiger partial charge on any atom is 0.253 e. The van der Waals surface area contributed by atoms with Gasteiger partial charge in [0.15, 0.2) is 0 Å². The first-order valence-electron chi connectivity index (χ1n) is 6.66. The summed E-state index contributed by atoms with van der Waals surface area (Å²) >= 11 is 0. The molecule has 4 amide bonds. The number of nitrogens with zero attached hydrogens (tertiary/aromatic N) is 1. The third-order valence-corrected chi connectivity index (χ3v) is 2.88. The molecule has 21 heavy (non-hydrogen) atoms. The summed E-state index contributed by atoms with van der Waals surface area (Å²) in [7, 11) is 0. The van der Waals surface area contributed by atoms with Crippen molar-refractivity contribution in [2.24, 2.45) is 0 Å². The van der Waals surface area contributed by atoms with E-state index in [2.05, 4.69) is 17.2 Å². The summed E-state index contributed by atoms with van der Waals surface area (Å²) in [6.45, 7) is 5.58. The van der Waals surface area contributed by atoms with Gasteiger partial charge in [0.25, 0.3) is 11.8 Å². The highest BCUT2D eigenvalue weighted by Gasteiger charge is 2.23. The van der Waals surface area contributed by atoms with Crippen molar-refractivity contribution in [2.75, 3.05) is 13.1 Å². The van der Waals surface area contributed by atoms with Crippen molar-refractivity contribution in [3.05, 3.63) is 24.8 Å². The van der Waals surface area contributed by atoms with Crippen LogP contribution in [0.1, 0.15) is 19.8 Å². The molecule has 0 aromatic heterocycles. The molecule has 1 unspecified atom stereocenters. The van der Waals surface area contributed by atoms with Gasteiger partial charge in [-0.2, -0.15) is 0 Å². The topological polar surface area (TPSA) is 95.6 Å². The molecule has 1 aliphatic heterocycles. The highest BCUT2D eigenvalue weighted by molar-refractivity contribution is 6.13.